The van der Waals surface area contributed by atoms with Crippen molar-refractivity contribution < 1.29 is 27.4 Å². The highest BCUT2D eigenvalue weighted by Crippen LogP contribution is 2.53. The molecule has 6 rings (SSSR count). The Labute approximate surface area is 294 Å². The molecule has 0 aromatic heterocycles. The van der Waals surface area contributed by atoms with Gasteiger partial charge in [0, 0.05) is 11.3 Å². The van der Waals surface area contributed by atoms with E-state index >= 15 is 13.2 Å². The van der Waals surface area contributed by atoms with Crippen LogP contribution in [0.3, 0.4) is 0 Å². The van der Waals surface area contributed by atoms with Crippen LogP contribution in [0.5, 0.6) is 11.5 Å². The Balaban J connectivity index is 1.52. The van der Waals surface area contributed by atoms with E-state index in [4.69, 9.17) is 25.8 Å². The summed E-state index contributed by atoms with van der Waals surface area (Å²) in [6.45, 7) is 3.81. The van der Waals surface area contributed by atoms with Crippen LogP contribution in [-0.4, -0.2) is 31.7 Å². The van der Waals surface area contributed by atoms with Gasteiger partial charge in [0.2, 0.25) is 5.60 Å². The molecule has 0 saturated carbocycles. The fourth-order valence-electron chi connectivity index (χ4n) is 6.40. The first-order chi connectivity index (χ1) is 23.8. The van der Waals surface area contributed by atoms with Gasteiger partial charge in [-0.15, -0.1) is 0 Å². The summed E-state index contributed by atoms with van der Waals surface area (Å²) in [5, 5.41) is 6.98. The first-order valence-electron chi connectivity index (χ1n) is 16.0. The summed E-state index contributed by atoms with van der Waals surface area (Å²) >= 11 is 6.35. The Morgan fingerprint density at radius 1 is 0.720 bits per heavy atom. The molecule has 0 bridgehead atoms. The molecule has 0 aliphatic carbocycles. The Morgan fingerprint density at radius 3 is 1.82 bits per heavy atom. The molecule has 10 heteroatoms. The van der Waals surface area contributed by atoms with E-state index in [2.05, 4.69) is 15.6 Å². The molecule has 2 N–H and O–H groups in total. The van der Waals surface area contributed by atoms with Crippen molar-refractivity contribution in [2.24, 2.45) is 4.99 Å². The van der Waals surface area contributed by atoms with E-state index in [1.165, 1.54) is 32.9 Å². The minimum atomic E-state index is -3.69. The zero-order valence-electron chi connectivity index (χ0n) is 28.2. The number of rotatable bonds is 9. The Bertz CT molecular complexity index is 1960. The summed E-state index contributed by atoms with van der Waals surface area (Å²) in [4.78, 5) is 4.48. The van der Waals surface area contributed by atoms with Crippen molar-refractivity contribution in [2.45, 2.75) is 43.4 Å². The van der Waals surface area contributed by atoms with Gasteiger partial charge >= 0.3 is 5.92 Å². The molecule has 1 aliphatic rings. The van der Waals surface area contributed by atoms with Crippen LogP contribution in [0.25, 0.3) is 0 Å². The van der Waals surface area contributed by atoms with Crippen LogP contribution >= 0.6 is 11.6 Å². The van der Waals surface area contributed by atoms with Crippen molar-refractivity contribution in [2.75, 3.05) is 19.5 Å². The minimum absolute atomic E-state index is 0.206. The van der Waals surface area contributed by atoms with Gasteiger partial charge < -0.3 is 24.8 Å². The summed E-state index contributed by atoms with van der Waals surface area (Å²) in [6.07, 6.45) is 0. The second-order valence-electron chi connectivity index (χ2n) is 12.7. The fourth-order valence-corrected chi connectivity index (χ4v) is 6.58. The molecule has 0 radical (unpaired) electrons. The van der Waals surface area contributed by atoms with Crippen molar-refractivity contribution in [1.82, 2.24) is 5.32 Å². The molecule has 6 nitrogen and oxygen atoms in total. The number of aliphatic imine (C=N–C) groups is 1. The van der Waals surface area contributed by atoms with Crippen LogP contribution < -0.4 is 20.1 Å². The second kappa shape index (κ2) is 13.3. The lowest BCUT2D eigenvalue weighted by atomic mass is 9.76. The molecular formula is C40H37ClF3N3O3. The predicted octanol–water partition coefficient (Wildman–Crippen LogP) is 9.84. The van der Waals surface area contributed by atoms with E-state index in [1.54, 1.807) is 38.5 Å². The van der Waals surface area contributed by atoms with E-state index in [1.807, 2.05) is 78.9 Å². The van der Waals surface area contributed by atoms with Gasteiger partial charge in [-0.2, -0.15) is 8.78 Å². The standard InChI is InChI=1S/C40H37ClF3N3O3/c1-37(2)40(43,44)38(3,32-25-29(19-24-34(32)42)45-35-14-10-9-13-33(35)41)50-36(46-37)47-39(26-11-7-6-8-12-26,27-15-20-30(48-4)21-16-27)28-17-22-31(49-5)23-18-28/h6-25,45H,1-5H3,(H,46,47)/t38-/m1/s1. The summed E-state index contributed by atoms with van der Waals surface area (Å²) in [7, 11) is 3.15. The van der Waals surface area contributed by atoms with Crippen LogP contribution in [0.4, 0.5) is 24.5 Å². The number of methoxy groups -OCH3 is 2. The Morgan fingerprint density at radius 2 is 1.26 bits per heavy atom. The van der Waals surface area contributed by atoms with E-state index in [0.717, 1.165) is 22.8 Å². The maximum Gasteiger partial charge on any atom is 0.315 e. The van der Waals surface area contributed by atoms with Gasteiger partial charge in [-0.1, -0.05) is 78.3 Å². The third kappa shape index (κ3) is 6.00. The highest BCUT2D eigenvalue weighted by atomic mass is 35.5. The zero-order chi connectivity index (χ0) is 35.7. The van der Waals surface area contributed by atoms with Gasteiger partial charge in [0.15, 0.2) is 0 Å². The largest absolute Gasteiger partial charge is 0.497 e. The summed E-state index contributed by atoms with van der Waals surface area (Å²) in [6, 6.07) is 35.0. The maximum atomic E-state index is 16.8. The second-order valence-corrected chi connectivity index (χ2v) is 13.1. The number of ether oxygens (including phenoxy) is 3. The lowest BCUT2D eigenvalue weighted by Gasteiger charge is -2.49. The smallest absolute Gasteiger partial charge is 0.315 e. The lowest BCUT2D eigenvalue weighted by molar-refractivity contribution is -0.217. The third-order valence-electron chi connectivity index (χ3n) is 9.23. The number of hydrogen-bond donors (Lipinski definition) is 2. The lowest BCUT2D eigenvalue weighted by Crippen LogP contribution is -2.64. The molecule has 50 heavy (non-hydrogen) atoms. The van der Waals surface area contributed by atoms with Crippen molar-refractivity contribution in [1.29, 1.82) is 0 Å². The van der Waals surface area contributed by atoms with Gasteiger partial charge in [0.25, 0.3) is 6.02 Å². The Hall–Kier alpha value is -5.15. The van der Waals surface area contributed by atoms with Gasteiger partial charge in [0.05, 0.1) is 24.9 Å². The van der Waals surface area contributed by atoms with Crippen molar-refractivity contribution in [3.05, 3.63) is 154 Å². The molecule has 0 saturated heterocycles. The first kappa shape index (κ1) is 34.7. The van der Waals surface area contributed by atoms with Gasteiger partial charge in [-0.05, 0) is 92.1 Å². The van der Waals surface area contributed by atoms with E-state index < -0.39 is 28.4 Å². The minimum Gasteiger partial charge on any atom is -0.497 e. The number of nitrogens with zero attached hydrogens (tertiary/aromatic N) is 1. The normalized spacial score (nSPS) is 18.0. The molecule has 5 aromatic rings. The van der Waals surface area contributed by atoms with Gasteiger partial charge in [-0.3, -0.25) is 0 Å². The summed E-state index contributed by atoms with van der Waals surface area (Å²) in [5.41, 5.74) is -3.08. The van der Waals surface area contributed by atoms with E-state index in [9.17, 15) is 0 Å². The SMILES string of the molecule is COc1ccc(C(NC2=NC(C)(C)C(F)(F)[C@@](C)(c3cc(Nc4ccccc4Cl)ccc3F)O2)(c2ccccc2)c2ccc(OC)cc2)cc1. The zero-order valence-corrected chi connectivity index (χ0v) is 29.0. The number of halogens is 4. The van der Waals surface area contributed by atoms with Crippen molar-refractivity contribution >= 4 is 29.0 Å². The Kier molecular flexibility index (Phi) is 9.22. The van der Waals surface area contributed by atoms with Crippen LogP contribution in [-0.2, 0) is 15.9 Å². The number of hydrogen-bond acceptors (Lipinski definition) is 6. The maximum absolute atomic E-state index is 16.8. The monoisotopic (exact) mass is 699 g/mol. The van der Waals surface area contributed by atoms with Crippen molar-refractivity contribution in [3.8, 4) is 11.5 Å². The van der Waals surface area contributed by atoms with Gasteiger partial charge in [0.1, 0.15) is 28.4 Å². The molecule has 0 spiro atoms. The average Bonchev–Trinajstić information content (AvgIpc) is 3.12. The molecule has 0 amide bonds. The number of anilines is 2. The van der Waals surface area contributed by atoms with Crippen LogP contribution in [0.15, 0.2) is 126 Å². The molecular weight excluding hydrogens is 663 g/mol. The van der Waals surface area contributed by atoms with Crippen molar-refractivity contribution in [3.63, 3.8) is 0 Å². The molecule has 5 aromatic carbocycles. The molecule has 258 valence electrons. The topological polar surface area (TPSA) is 64.1 Å². The molecule has 1 aliphatic heterocycles. The average molecular weight is 700 g/mol. The third-order valence-corrected chi connectivity index (χ3v) is 9.56. The first-order valence-corrected chi connectivity index (χ1v) is 16.3. The molecule has 0 unspecified atom stereocenters. The highest BCUT2D eigenvalue weighted by Gasteiger charge is 2.67. The number of benzene rings is 5. The number of para-hydroxylation sites is 1. The number of alkyl halides is 2. The summed E-state index contributed by atoms with van der Waals surface area (Å²) in [5.74, 6) is -3.30. The predicted molar refractivity (Wildman–Crippen MR) is 191 cm³/mol. The quantitative estimate of drug-likeness (QED) is 0.150. The van der Waals surface area contributed by atoms with Gasteiger partial charge in [-0.25, -0.2) is 9.38 Å². The van der Waals surface area contributed by atoms with E-state index in [0.29, 0.717) is 27.9 Å². The van der Waals surface area contributed by atoms with E-state index in [-0.39, 0.29) is 11.6 Å². The number of amidine groups is 1. The molecule has 1 atom stereocenters. The van der Waals surface area contributed by atoms with Crippen LogP contribution in [0.2, 0.25) is 5.02 Å². The summed E-state index contributed by atoms with van der Waals surface area (Å²) < 4.78 is 66.6. The fraction of sp³-hybridized carbons (Fsp3) is 0.225. The molecule has 1 heterocycles. The highest BCUT2D eigenvalue weighted by molar-refractivity contribution is 6.33. The van der Waals surface area contributed by atoms with Crippen LogP contribution in [0, 0.1) is 5.82 Å². The number of nitrogens with one attached hydrogen (secondary N) is 2. The van der Waals surface area contributed by atoms with Crippen LogP contribution in [0.1, 0.15) is 43.0 Å². The molecule has 0 fully saturated rings.